The Hall–Kier alpha value is -0.740. The molecule has 3 nitrogen and oxygen atoms in total. The molecular weight excluding hydrogens is 248 g/mol. The Morgan fingerprint density at radius 1 is 1.29 bits per heavy atom. The molecular formula is C10H13BrO3. The van der Waals surface area contributed by atoms with Crippen molar-refractivity contribution in [3.63, 3.8) is 0 Å². The molecule has 0 fully saturated rings. The maximum absolute atomic E-state index is 8.81. The summed E-state index contributed by atoms with van der Waals surface area (Å²) < 4.78 is 11.2. The van der Waals surface area contributed by atoms with Gasteiger partial charge in [0.05, 0.1) is 18.7 Å². The molecule has 0 saturated carbocycles. The minimum Gasteiger partial charge on any atom is -0.493 e. The molecule has 0 radical (unpaired) electrons. The molecule has 0 aliphatic heterocycles. The molecule has 0 atom stereocenters. The second kappa shape index (κ2) is 5.22. The third-order valence-electron chi connectivity index (χ3n) is 1.89. The first-order valence-corrected chi connectivity index (χ1v) is 5.03. The number of hydrogen-bond donors (Lipinski definition) is 1. The standard InChI is InChI=1S/C10H13BrO3/c1-13-9-6-7(3-4-12)5-8(11)10(9)14-2/h5-6,12H,3-4H2,1-2H3. The number of benzene rings is 1. The fraction of sp³-hybridized carbons (Fsp3) is 0.400. The molecule has 1 N–H and O–H groups in total. The summed E-state index contributed by atoms with van der Waals surface area (Å²) >= 11 is 3.38. The molecule has 0 unspecified atom stereocenters. The molecule has 4 heteroatoms. The van der Waals surface area contributed by atoms with Crippen molar-refractivity contribution in [3.8, 4) is 11.5 Å². The largest absolute Gasteiger partial charge is 0.493 e. The second-order valence-corrected chi connectivity index (χ2v) is 3.64. The topological polar surface area (TPSA) is 38.7 Å². The van der Waals surface area contributed by atoms with Crippen molar-refractivity contribution in [2.75, 3.05) is 20.8 Å². The van der Waals surface area contributed by atoms with Gasteiger partial charge in [0.2, 0.25) is 0 Å². The normalized spacial score (nSPS) is 10.0. The highest BCUT2D eigenvalue weighted by Crippen LogP contribution is 2.36. The van der Waals surface area contributed by atoms with E-state index in [1.165, 1.54) is 0 Å². The van der Waals surface area contributed by atoms with E-state index < -0.39 is 0 Å². The second-order valence-electron chi connectivity index (χ2n) is 2.79. The predicted molar refractivity (Wildman–Crippen MR) is 58.0 cm³/mol. The van der Waals surface area contributed by atoms with Crippen LogP contribution in [-0.2, 0) is 6.42 Å². The van der Waals surface area contributed by atoms with E-state index >= 15 is 0 Å². The van der Waals surface area contributed by atoms with Gasteiger partial charge in [-0.25, -0.2) is 0 Å². The SMILES string of the molecule is COc1cc(CCO)cc(Br)c1OC. The molecule has 0 saturated heterocycles. The number of hydrogen-bond acceptors (Lipinski definition) is 3. The first-order chi connectivity index (χ1) is 6.72. The van der Waals surface area contributed by atoms with Crippen LogP contribution in [-0.4, -0.2) is 25.9 Å². The zero-order valence-corrected chi connectivity index (χ0v) is 9.80. The maximum atomic E-state index is 8.81. The molecule has 0 aliphatic rings. The van der Waals surface area contributed by atoms with Crippen LogP contribution in [0.5, 0.6) is 11.5 Å². The first-order valence-electron chi connectivity index (χ1n) is 4.24. The molecule has 0 heterocycles. The van der Waals surface area contributed by atoms with Crippen LogP contribution < -0.4 is 9.47 Å². The van der Waals surface area contributed by atoms with Gasteiger partial charge in [-0.3, -0.25) is 0 Å². The van der Waals surface area contributed by atoms with Crippen molar-refractivity contribution in [1.29, 1.82) is 0 Å². The van der Waals surface area contributed by atoms with Gasteiger partial charge in [-0.15, -0.1) is 0 Å². The molecule has 0 spiro atoms. The van der Waals surface area contributed by atoms with E-state index in [1.807, 2.05) is 12.1 Å². The zero-order valence-electron chi connectivity index (χ0n) is 8.21. The van der Waals surface area contributed by atoms with Crippen LogP contribution in [0.15, 0.2) is 16.6 Å². The summed E-state index contributed by atoms with van der Waals surface area (Å²) in [6, 6.07) is 3.78. The Bertz CT molecular complexity index is 312. The smallest absolute Gasteiger partial charge is 0.174 e. The zero-order chi connectivity index (χ0) is 10.6. The lowest BCUT2D eigenvalue weighted by Gasteiger charge is -2.11. The van der Waals surface area contributed by atoms with E-state index in [0.717, 1.165) is 10.0 Å². The van der Waals surface area contributed by atoms with Crippen molar-refractivity contribution in [3.05, 3.63) is 22.2 Å². The highest BCUT2D eigenvalue weighted by molar-refractivity contribution is 9.10. The number of aliphatic hydroxyl groups is 1. The lowest BCUT2D eigenvalue weighted by molar-refractivity contribution is 0.299. The number of rotatable bonds is 4. The van der Waals surface area contributed by atoms with E-state index in [-0.39, 0.29) is 6.61 Å². The Balaban J connectivity index is 3.10. The number of halogens is 1. The number of ether oxygens (including phenoxy) is 2. The van der Waals surface area contributed by atoms with Crippen LogP contribution >= 0.6 is 15.9 Å². The summed E-state index contributed by atoms with van der Waals surface area (Å²) in [6.07, 6.45) is 0.610. The molecule has 1 rings (SSSR count). The van der Waals surface area contributed by atoms with Gasteiger partial charge in [0.25, 0.3) is 0 Å². The highest BCUT2D eigenvalue weighted by atomic mass is 79.9. The van der Waals surface area contributed by atoms with Crippen LogP contribution in [0.2, 0.25) is 0 Å². The van der Waals surface area contributed by atoms with Gasteiger partial charge >= 0.3 is 0 Å². The quantitative estimate of drug-likeness (QED) is 0.900. The molecule has 0 aliphatic carbocycles. The monoisotopic (exact) mass is 260 g/mol. The van der Waals surface area contributed by atoms with Crippen molar-refractivity contribution in [2.24, 2.45) is 0 Å². The van der Waals surface area contributed by atoms with Crippen LogP contribution in [0.1, 0.15) is 5.56 Å². The average Bonchev–Trinajstić information content (AvgIpc) is 2.17. The van der Waals surface area contributed by atoms with Gasteiger partial charge in [0, 0.05) is 6.61 Å². The van der Waals surface area contributed by atoms with E-state index in [9.17, 15) is 0 Å². The average molecular weight is 261 g/mol. The third kappa shape index (κ3) is 2.39. The molecule has 0 aromatic heterocycles. The first kappa shape index (κ1) is 11.3. The Kier molecular flexibility index (Phi) is 4.22. The summed E-state index contributed by atoms with van der Waals surface area (Å²) in [6.45, 7) is 0.127. The summed E-state index contributed by atoms with van der Waals surface area (Å²) in [4.78, 5) is 0. The van der Waals surface area contributed by atoms with Crippen LogP contribution in [0.25, 0.3) is 0 Å². The summed E-state index contributed by atoms with van der Waals surface area (Å²) in [5.74, 6) is 1.35. The van der Waals surface area contributed by atoms with Crippen molar-refractivity contribution in [1.82, 2.24) is 0 Å². The number of methoxy groups -OCH3 is 2. The van der Waals surface area contributed by atoms with Crippen LogP contribution in [0.4, 0.5) is 0 Å². The lowest BCUT2D eigenvalue weighted by atomic mass is 10.1. The van der Waals surface area contributed by atoms with Gasteiger partial charge < -0.3 is 14.6 Å². The molecule has 0 bridgehead atoms. The molecule has 14 heavy (non-hydrogen) atoms. The molecule has 1 aromatic carbocycles. The summed E-state index contributed by atoms with van der Waals surface area (Å²) in [5, 5.41) is 8.81. The highest BCUT2D eigenvalue weighted by Gasteiger charge is 2.09. The van der Waals surface area contributed by atoms with Crippen molar-refractivity contribution in [2.45, 2.75) is 6.42 Å². The van der Waals surface area contributed by atoms with E-state index in [2.05, 4.69) is 15.9 Å². The number of aliphatic hydroxyl groups excluding tert-OH is 1. The molecule has 1 aromatic rings. The van der Waals surface area contributed by atoms with E-state index in [0.29, 0.717) is 17.9 Å². The summed E-state index contributed by atoms with van der Waals surface area (Å²) in [7, 11) is 3.18. The minimum atomic E-state index is 0.127. The van der Waals surface area contributed by atoms with Gasteiger partial charge in [-0.1, -0.05) is 0 Å². The fourth-order valence-electron chi connectivity index (χ4n) is 1.24. The van der Waals surface area contributed by atoms with Crippen LogP contribution in [0.3, 0.4) is 0 Å². The Morgan fingerprint density at radius 2 is 2.00 bits per heavy atom. The molecule has 0 amide bonds. The molecule has 78 valence electrons. The predicted octanol–water partition coefficient (Wildman–Crippen LogP) is 2.00. The lowest BCUT2D eigenvalue weighted by Crippen LogP contribution is -1.96. The van der Waals surface area contributed by atoms with Gasteiger partial charge in [-0.05, 0) is 40.0 Å². The maximum Gasteiger partial charge on any atom is 0.174 e. The summed E-state index contributed by atoms with van der Waals surface area (Å²) in [5.41, 5.74) is 1.01. The van der Waals surface area contributed by atoms with Crippen molar-refractivity contribution >= 4 is 15.9 Å². The minimum absolute atomic E-state index is 0.127. The van der Waals surface area contributed by atoms with Crippen molar-refractivity contribution < 1.29 is 14.6 Å². The van der Waals surface area contributed by atoms with Gasteiger partial charge in [0.1, 0.15) is 0 Å². The van der Waals surface area contributed by atoms with E-state index in [1.54, 1.807) is 14.2 Å². The Labute approximate surface area is 91.8 Å². The van der Waals surface area contributed by atoms with Gasteiger partial charge in [-0.2, -0.15) is 0 Å². The van der Waals surface area contributed by atoms with Crippen LogP contribution in [0, 0.1) is 0 Å². The fourth-order valence-corrected chi connectivity index (χ4v) is 1.90. The Morgan fingerprint density at radius 3 is 2.50 bits per heavy atom. The van der Waals surface area contributed by atoms with E-state index in [4.69, 9.17) is 14.6 Å². The van der Waals surface area contributed by atoms with Gasteiger partial charge in [0.15, 0.2) is 11.5 Å². The third-order valence-corrected chi connectivity index (χ3v) is 2.48.